The Morgan fingerprint density at radius 3 is 2.24 bits per heavy atom. The number of rotatable bonds is 5. The summed E-state index contributed by atoms with van der Waals surface area (Å²) in [5.74, 6) is -2.23. The summed E-state index contributed by atoms with van der Waals surface area (Å²) in [5.41, 5.74) is -2.31. The summed E-state index contributed by atoms with van der Waals surface area (Å²) in [6, 6.07) is 3.16. The highest BCUT2D eigenvalue weighted by Gasteiger charge is 2.38. The van der Waals surface area contributed by atoms with Gasteiger partial charge in [0.25, 0.3) is 5.91 Å². The predicted molar refractivity (Wildman–Crippen MR) is 78.5 cm³/mol. The summed E-state index contributed by atoms with van der Waals surface area (Å²) >= 11 is 0. The number of amides is 1. The lowest BCUT2D eigenvalue weighted by Crippen LogP contribution is -2.54. The monoisotopic (exact) mass is 363 g/mol. The zero-order valence-electron chi connectivity index (χ0n) is 13.1. The molecule has 2 N–H and O–H groups in total. The minimum Gasteiger partial charge on any atom is -0.481 e. The van der Waals surface area contributed by atoms with Crippen molar-refractivity contribution in [3.05, 3.63) is 35.4 Å². The van der Waals surface area contributed by atoms with Crippen molar-refractivity contribution in [3.8, 4) is 0 Å². The van der Waals surface area contributed by atoms with Gasteiger partial charge in [0.2, 0.25) is 6.17 Å². The van der Waals surface area contributed by atoms with E-state index in [0.717, 1.165) is 12.1 Å². The van der Waals surface area contributed by atoms with E-state index in [9.17, 15) is 27.2 Å². The number of benzene rings is 1. The van der Waals surface area contributed by atoms with E-state index in [1.54, 1.807) is 0 Å². The van der Waals surface area contributed by atoms with Gasteiger partial charge in [0, 0.05) is 13.2 Å². The molecule has 1 atom stereocenters. The summed E-state index contributed by atoms with van der Waals surface area (Å²) in [6.07, 6.45) is -6.71. The summed E-state index contributed by atoms with van der Waals surface area (Å²) in [5, 5.41) is 11.4. The van der Waals surface area contributed by atoms with Gasteiger partial charge in [0.05, 0.1) is 17.5 Å². The van der Waals surface area contributed by atoms with Gasteiger partial charge in [0.15, 0.2) is 0 Å². The summed E-state index contributed by atoms with van der Waals surface area (Å²) in [6.45, 7) is 0.454. The first-order valence-electron chi connectivity index (χ1n) is 7.56. The lowest BCUT2D eigenvalue weighted by molar-refractivity contribution is -0.141. The quantitative estimate of drug-likeness (QED) is 0.789. The first-order valence-corrected chi connectivity index (χ1v) is 7.56. The maximum atomic E-state index is 14.3. The Morgan fingerprint density at radius 2 is 1.76 bits per heavy atom. The van der Waals surface area contributed by atoms with Gasteiger partial charge in [0.1, 0.15) is 0 Å². The molecule has 1 aromatic rings. The number of hydrogen-bond acceptors (Lipinski definition) is 3. The van der Waals surface area contributed by atoms with Crippen LogP contribution < -0.4 is 5.32 Å². The molecule has 0 radical (unpaired) electrons. The van der Waals surface area contributed by atoms with Crippen molar-refractivity contribution in [3.63, 3.8) is 0 Å². The van der Waals surface area contributed by atoms with E-state index in [1.165, 1.54) is 0 Å². The van der Waals surface area contributed by atoms with E-state index in [0.29, 0.717) is 12.1 Å². The molecule has 138 valence electrons. The van der Waals surface area contributed by atoms with Gasteiger partial charge < -0.3 is 15.2 Å². The Bertz CT molecular complexity index is 624. The topological polar surface area (TPSA) is 75.6 Å². The Kier molecular flexibility index (Phi) is 5.66. The second kappa shape index (κ2) is 7.38. The molecule has 1 heterocycles. The van der Waals surface area contributed by atoms with E-state index >= 15 is 0 Å². The van der Waals surface area contributed by atoms with Gasteiger partial charge in [-0.05, 0) is 30.5 Å². The van der Waals surface area contributed by atoms with Crippen LogP contribution in [0.5, 0.6) is 0 Å². The number of carbonyl (C=O) groups is 2. The fourth-order valence-corrected chi connectivity index (χ4v) is 2.71. The van der Waals surface area contributed by atoms with Crippen LogP contribution in [-0.4, -0.2) is 35.7 Å². The summed E-state index contributed by atoms with van der Waals surface area (Å²) in [7, 11) is 0. The molecule has 5 nitrogen and oxygen atoms in total. The zero-order chi connectivity index (χ0) is 18.7. The molecule has 0 spiro atoms. The van der Waals surface area contributed by atoms with Crippen molar-refractivity contribution in [2.75, 3.05) is 13.2 Å². The number of alkyl halides is 4. The Hall–Kier alpha value is -2.16. The van der Waals surface area contributed by atoms with Crippen LogP contribution in [0.15, 0.2) is 24.3 Å². The molecule has 1 aromatic carbocycles. The standard InChI is InChI=1S/C16H17F4NO4/c17-13(10-1-3-11(4-2-10)16(18,19)20)14(24)21-15(9-12(22)23)5-7-25-8-6-15/h1-4,13H,5-9H2,(H,21,24)(H,22,23). The van der Waals surface area contributed by atoms with Crippen LogP contribution in [0.4, 0.5) is 17.6 Å². The highest BCUT2D eigenvalue weighted by Crippen LogP contribution is 2.31. The van der Waals surface area contributed by atoms with Crippen molar-refractivity contribution in [1.82, 2.24) is 5.32 Å². The van der Waals surface area contributed by atoms with Crippen LogP contribution in [0, 0.1) is 0 Å². The van der Waals surface area contributed by atoms with Gasteiger partial charge in [-0.2, -0.15) is 13.2 Å². The minimum atomic E-state index is -4.56. The van der Waals surface area contributed by atoms with Crippen molar-refractivity contribution in [2.45, 2.75) is 37.1 Å². The van der Waals surface area contributed by atoms with Crippen molar-refractivity contribution in [1.29, 1.82) is 0 Å². The average molecular weight is 363 g/mol. The molecular formula is C16H17F4NO4. The predicted octanol–water partition coefficient (Wildman–Crippen LogP) is 2.86. The second-order valence-electron chi connectivity index (χ2n) is 5.93. The third-order valence-electron chi connectivity index (χ3n) is 4.09. The average Bonchev–Trinajstić information content (AvgIpc) is 2.53. The third-order valence-corrected chi connectivity index (χ3v) is 4.09. The number of carbonyl (C=O) groups excluding carboxylic acids is 1. The van der Waals surface area contributed by atoms with Crippen LogP contribution >= 0.6 is 0 Å². The van der Waals surface area contributed by atoms with Crippen LogP contribution in [0.2, 0.25) is 0 Å². The number of aliphatic carboxylic acids is 1. The maximum Gasteiger partial charge on any atom is 0.416 e. The Balaban J connectivity index is 2.11. The van der Waals surface area contributed by atoms with E-state index in [4.69, 9.17) is 9.84 Å². The fraction of sp³-hybridized carbons (Fsp3) is 0.500. The number of carboxylic acids is 1. The van der Waals surface area contributed by atoms with Crippen molar-refractivity contribution < 1.29 is 37.0 Å². The lowest BCUT2D eigenvalue weighted by Gasteiger charge is -2.37. The molecular weight excluding hydrogens is 346 g/mol. The molecule has 0 saturated carbocycles. The molecule has 0 aliphatic carbocycles. The number of halogens is 4. The summed E-state index contributed by atoms with van der Waals surface area (Å²) in [4.78, 5) is 23.2. The van der Waals surface area contributed by atoms with Gasteiger partial charge >= 0.3 is 12.1 Å². The number of hydrogen-bond donors (Lipinski definition) is 2. The molecule has 25 heavy (non-hydrogen) atoms. The molecule has 2 rings (SSSR count). The number of nitrogens with one attached hydrogen (secondary N) is 1. The van der Waals surface area contributed by atoms with Crippen LogP contribution in [0.3, 0.4) is 0 Å². The first kappa shape index (κ1) is 19.2. The highest BCUT2D eigenvalue weighted by atomic mass is 19.4. The first-order chi connectivity index (χ1) is 11.6. The number of ether oxygens (including phenoxy) is 1. The van der Waals surface area contributed by atoms with Crippen LogP contribution in [-0.2, 0) is 20.5 Å². The van der Waals surface area contributed by atoms with Gasteiger partial charge in [-0.1, -0.05) is 12.1 Å². The summed E-state index contributed by atoms with van der Waals surface area (Å²) < 4.78 is 57.0. The van der Waals surface area contributed by atoms with Crippen molar-refractivity contribution >= 4 is 11.9 Å². The molecule has 1 saturated heterocycles. The smallest absolute Gasteiger partial charge is 0.416 e. The zero-order valence-corrected chi connectivity index (χ0v) is 13.1. The molecule has 0 aromatic heterocycles. The second-order valence-corrected chi connectivity index (χ2v) is 5.93. The minimum absolute atomic E-state index is 0.213. The molecule has 1 aliphatic heterocycles. The van der Waals surface area contributed by atoms with E-state index in [-0.39, 0.29) is 38.0 Å². The third kappa shape index (κ3) is 4.91. The molecule has 1 unspecified atom stereocenters. The molecule has 9 heteroatoms. The normalized spacial score (nSPS) is 18.4. The fourth-order valence-electron chi connectivity index (χ4n) is 2.71. The van der Waals surface area contributed by atoms with Gasteiger partial charge in [-0.15, -0.1) is 0 Å². The van der Waals surface area contributed by atoms with E-state index < -0.39 is 35.3 Å². The molecule has 1 amide bonds. The van der Waals surface area contributed by atoms with Gasteiger partial charge in [-0.3, -0.25) is 9.59 Å². The highest BCUT2D eigenvalue weighted by molar-refractivity contribution is 5.83. The van der Waals surface area contributed by atoms with Gasteiger partial charge in [-0.25, -0.2) is 4.39 Å². The van der Waals surface area contributed by atoms with Crippen LogP contribution in [0.1, 0.15) is 36.6 Å². The Morgan fingerprint density at radius 1 is 1.20 bits per heavy atom. The van der Waals surface area contributed by atoms with E-state index in [2.05, 4.69) is 5.32 Å². The molecule has 0 bridgehead atoms. The largest absolute Gasteiger partial charge is 0.481 e. The van der Waals surface area contributed by atoms with Crippen LogP contribution in [0.25, 0.3) is 0 Å². The molecule has 1 fully saturated rings. The van der Waals surface area contributed by atoms with Crippen molar-refractivity contribution in [2.24, 2.45) is 0 Å². The SMILES string of the molecule is O=C(O)CC1(NC(=O)C(F)c2ccc(C(F)(F)F)cc2)CCOCC1. The number of carboxylic acid groups (broad SMARTS) is 1. The maximum absolute atomic E-state index is 14.3. The lowest BCUT2D eigenvalue weighted by atomic mass is 9.86. The Labute approximate surface area is 141 Å². The van der Waals surface area contributed by atoms with E-state index in [1.807, 2.05) is 0 Å². The molecule has 1 aliphatic rings.